The molecule has 0 fully saturated rings. The number of hydrogen-bond donors (Lipinski definition) is 0. The third-order valence-corrected chi connectivity index (χ3v) is 1.85. The highest BCUT2D eigenvalue weighted by Gasteiger charge is 1.77. The van der Waals surface area contributed by atoms with E-state index in [1.165, 1.54) is 11.1 Å². The number of aryl methyl sites for hydroxylation is 2. The summed E-state index contributed by atoms with van der Waals surface area (Å²) in [6.45, 7) is 4.13. The van der Waals surface area contributed by atoms with Crippen LogP contribution in [0.5, 0.6) is 0 Å². The van der Waals surface area contributed by atoms with Crippen LogP contribution in [0.1, 0.15) is 11.1 Å². The van der Waals surface area contributed by atoms with Crippen LogP contribution in [0.2, 0.25) is 0 Å². The van der Waals surface area contributed by atoms with Crippen LogP contribution in [0.25, 0.3) is 0 Å². The summed E-state index contributed by atoms with van der Waals surface area (Å²) in [7, 11) is 4.27. The Kier molecular flexibility index (Phi) is 1.87. The molecule has 9 heavy (non-hydrogen) atoms. The molecule has 48 valence electrons. The van der Waals surface area contributed by atoms with E-state index in [0.29, 0.717) is 0 Å². The Balaban J connectivity index is 3.17. The van der Waals surface area contributed by atoms with Gasteiger partial charge in [0, 0.05) is 0 Å². The van der Waals surface area contributed by atoms with Crippen molar-refractivity contribution < 1.29 is 0 Å². The summed E-state index contributed by atoms with van der Waals surface area (Å²) in [5, 5.41) is 1.08. The Morgan fingerprint density at radius 1 is 1.22 bits per heavy atom. The van der Waals surface area contributed by atoms with E-state index < -0.39 is 0 Å². The summed E-state index contributed by atoms with van der Waals surface area (Å²) in [4.78, 5) is 0. The number of hydrogen-bond acceptors (Lipinski definition) is 0. The van der Waals surface area contributed by atoms with Crippen molar-refractivity contribution in [3.63, 3.8) is 0 Å². The molecule has 0 N–H and O–H groups in total. The SMILES string of the molecule is Cc1ccc(C)c([P-2])c1. The lowest BCUT2D eigenvalue weighted by atomic mass is 10.2. The number of rotatable bonds is 0. The van der Waals surface area contributed by atoms with Crippen LogP contribution in [0.4, 0.5) is 0 Å². The second-order valence-electron chi connectivity index (χ2n) is 2.29. The molecule has 1 rings (SSSR count). The average Bonchev–Trinajstić information content (AvgIpc) is 1.80. The molecule has 0 heterocycles. The van der Waals surface area contributed by atoms with Gasteiger partial charge >= 0.3 is 0 Å². The van der Waals surface area contributed by atoms with Gasteiger partial charge in [-0.2, -0.15) is 0 Å². The highest BCUT2D eigenvalue weighted by Crippen LogP contribution is 2.01. The minimum Gasteiger partial charge on any atom is -1.45 e. The summed E-state index contributed by atoms with van der Waals surface area (Å²) >= 11 is 0. The van der Waals surface area contributed by atoms with Crippen LogP contribution in [0.3, 0.4) is 0 Å². The summed E-state index contributed by atoms with van der Waals surface area (Å²) < 4.78 is 0. The minimum atomic E-state index is 1.08. The molecule has 0 aliphatic carbocycles. The van der Waals surface area contributed by atoms with Crippen molar-refractivity contribution in [1.29, 1.82) is 0 Å². The van der Waals surface area contributed by atoms with Gasteiger partial charge in [-0.05, 0) is 13.8 Å². The van der Waals surface area contributed by atoms with E-state index in [1.54, 1.807) is 0 Å². The molecular weight excluding hydrogens is 127 g/mol. The molecule has 0 amide bonds. The second-order valence-corrected chi connectivity index (χ2v) is 2.77. The highest BCUT2D eigenvalue weighted by molar-refractivity contribution is 7.27. The van der Waals surface area contributed by atoms with Crippen LogP contribution in [-0.2, 0) is 0 Å². The van der Waals surface area contributed by atoms with E-state index in [1.807, 2.05) is 0 Å². The summed E-state index contributed by atoms with van der Waals surface area (Å²) in [6.07, 6.45) is 0. The fourth-order valence-corrected chi connectivity index (χ4v) is 0.998. The zero-order valence-electron chi connectivity index (χ0n) is 5.68. The van der Waals surface area contributed by atoms with Gasteiger partial charge in [0.25, 0.3) is 0 Å². The van der Waals surface area contributed by atoms with Gasteiger partial charge in [0.15, 0.2) is 0 Å². The third kappa shape index (κ3) is 1.53. The molecule has 0 aliphatic heterocycles. The molecule has 0 unspecified atom stereocenters. The average molecular weight is 136 g/mol. The maximum absolute atomic E-state index is 4.27. The first kappa shape index (κ1) is 6.77. The molecule has 0 saturated heterocycles. The minimum absolute atomic E-state index is 1.08. The first-order chi connectivity index (χ1) is 4.20. The van der Waals surface area contributed by atoms with E-state index in [4.69, 9.17) is 0 Å². The topological polar surface area (TPSA) is 0 Å². The van der Waals surface area contributed by atoms with Crippen molar-refractivity contribution in [2.45, 2.75) is 13.8 Å². The van der Waals surface area contributed by atoms with E-state index in [9.17, 15) is 0 Å². The molecule has 0 radical (unpaired) electrons. The fraction of sp³-hybridized carbons (Fsp3) is 0.250. The van der Waals surface area contributed by atoms with Crippen molar-refractivity contribution in [3.05, 3.63) is 29.3 Å². The predicted octanol–water partition coefficient (Wildman–Crippen LogP) is 2.34. The van der Waals surface area contributed by atoms with Crippen molar-refractivity contribution in [3.8, 4) is 0 Å². The first-order valence-electron chi connectivity index (χ1n) is 2.96. The Labute approximate surface area is 58.5 Å². The molecule has 1 aromatic carbocycles. The van der Waals surface area contributed by atoms with Crippen molar-refractivity contribution >= 4 is 14.5 Å². The van der Waals surface area contributed by atoms with Gasteiger partial charge in [-0.25, -0.2) is 0 Å². The second kappa shape index (κ2) is 2.49. The largest absolute Gasteiger partial charge is 1.45 e. The molecule has 0 spiro atoms. The normalized spacial score (nSPS) is 9.67. The van der Waals surface area contributed by atoms with Crippen LogP contribution < -0.4 is 5.30 Å². The zero-order valence-corrected chi connectivity index (χ0v) is 6.57. The maximum Gasteiger partial charge on any atom is -0.0399 e. The quantitative estimate of drug-likeness (QED) is 0.480. The molecular formula is C8H9P-2. The smallest absolute Gasteiger partial charge is 0.0399 e. The van der Waals surface area contributed by atoms with Gasteiger partial charge in [0.2, 0.25) is 0 Å². The molecule has 0 aromatic heterocycles. The van der Waals surface area contributed by atoms with Gasteiger partial charge < -0.3 is 14.5 Å². The molecule has 0 nitrogen and oxygen atoms in total. The Bertz CT molecular complexity index is 216. The van der Waals surface area contributed by atoms with E-state index >= 15 is 0 Å². The monoisotopic (exact) mass is 136 g/mol. The van der Waals surface area contributed by atoms with E-state index in [-0.39, 0.29) is 0 Å². The molecule has 1 aromatic rings. The zero-order chi connectivity index (χ0) is 6.85. The summed E-state index contributed by atoms with van der Waals surface area (Å²) in [5.74, 6) is 0. The van der Waals surface area contributed by atoms with Gasteiger partial charge in [-0.1, -0.05) is 17.7 Å². The van der Waals surface area contributed by atoms with Crippen molar-refractivity contribution in [1.82, 2.24) is 0 Å². The lowest BCUT2D eigenvalue weighted by Crippen LogP contribution is -1.95. The predicted molar refractivity (Wildman–Crippen MR) is 42.5 cm³/mol. The fourth-order valence-electron chi connectivity index (χ4n) is 0.719. The van der Waals surface area contributed by atoms with Gasteiger partial charge in [0.05, 0.1) is 0 Å². The van der Waals surface area contributed by atoms with Gasteiger partial charge in [-0.3, -0.25) is 0 Å². The van der Waals surface area contributed by atoms with Crippen molar-refractivity contribution in [2.75, 3.05) is 0 Å². The summed E-state index contributed by atoms with van der Waals surface area (Å²) in [5.41, 5.74) is 2.51. The molecule has 0 saturated carbocycles. The van der Waals surface area contributed by atoms with Crippen LogP contribution in [0.15, 0.2) is 18.2 Å². The lowest BCUT2D eigenvalue weighted by Gasteiger charge is -2.36. The van der Waals surface area contributed by atoms with Crippen LogP contribution >= 0.6 is 9.24 Å². The summed E-state index contributed by atoms with van der Waals surface area (Å²) in [6, 6.07) is 6.24. The number of benzene rings is 1. The van der Waals surface area contributed by atoms with E-state index in [2.05, 4.69) is 41.3 Å². The van der Waals surface area contributed by atoms with Crippen LogP contribution in [-0.4, -0.2) is 0 Å². The molecule has 0 atom stereocenters. The van der Waals surface area contributed by atoms with Gasteiger partial charge in [-0.15, -0.1) is 11.6 Å². The van der Waals surface area contributed by atoms with Crippen LogP contribution in [0, 0.1) is 13.8 Å². The standard InChI is InChI=1S/C8H9P/c1-6-3-4-7(2)8(9)5-6/h3-5H,1-2H3/q-2. The van der Waals surface area contributed by atoms with Gasteiger partial charge in [0.1, 0.15) is 0 Å². The maximum atomic E-state index is 4.27. The third-order valence-electron chi connectivity index (χ3n) is 1.36. The highest BCUT2D eigenvalue weighted by atomic mass is 31.0. The Morgan fingerprint density at radius 2 is 1.89 bits per heavy atom. The molecule has 0 aliphatic rings. The van der Waals surface area contributed by atoms with Crippen molar-refractivity contribution in [2.24, 2.45) is 0 Å². The lowest BCUT2D eigenvalue weighted by molar-refractivity contribution is 1.43. The molecule has 0 bridgehead atoms. The first-order valence-corrected chi connectivity index (χ1v) is 3.41. The van der Waals surface area contributed by atoms with E-state index in [0.717, 1.165) is 5.30 Å². The Morgan fingerprint density at radius 3 is 2.33 bits per heavy atom. The molecule has 1 heteroatoms. The Hall–Kier alpha value is -0.350.